The van der Waals surface area contributed by atoms with Crippen molar-refractivity contribution in [3.8, 4) is 0 Å². The number of pyridine rings is 1. The molecule has 17 heavy (non-hydrogen) atoms. The van der Waals surface area contributed by atoms with Gasteiger partial charge < -0.3 is 4.90 Å². The first-order valence-electron chi connectivity index (χ1n) is 5.96. The molecule has 1 heterocycles. The predicted octanol–water partition coefficient (Wildman–Crippen LogP) is 2.76. The van der Waals surface area contributed by atoms with E-state index in [0.29, 0.717) is 0 Å². The molecular weight excluding hydrogens is 208 g/mol. The van der Waals surface area contributed by atoms with Crippen LogP contribution in [-0.4, -0.2) is 23.5 Å². The average molecular weight is 226 g/mol. The van der Waals surface area contributed by atoms with Crippen LogP contribution in [0.4, 0.5) is 0 Å². The lowest BCUT2D eigenvalue weighted by atomic mass is 10.2. The molecule has 88 valence electrons. The molecule has 0 radical (unpaired) electrons. The van der Waals surface area contributed by atoms with Crippen molar-refractivity contribution in [1.29, 1.82) is 0 Å². The van der Waals surface area contributed by atoms with Gasteiger partial charge in [-0.2, -0.15) is 0 Å². The van der Waals surface area contributed by atoms with Crippen molar-refractivity contribution in [1.82, 2.24) is 9.88 Å². The Morgan fingerprint density at radius 3 is 2.35 bits per heavy atom. The smallest absolute Gasteiger partial charge is 0.0270 e. The number of hydrogen-bond acceptors (Lipinski definition) is 2. The second-order valence-corrected chi connectivity index (χ2v) is 4.33. The van der Waals surface area contributed by atoms with E-state index in [4.69, 9.17) is 0 Å². The van der Waals surface area contributed by atoms with Crippen molar-refractivity contribution in [2.45, 2.75) is 13.0 Å². The average Bonchev–Trinajstić information content (AvgIpc) is 2.39. The van der Waals surface area contributed by atoms with Crippen LogP contribution in [0, 0.1) is 0 Å². The van der Waals surface area contributed by atoms with Gasteiger partial charge in [0.1, 0.15) is 0 Å². The fourth-order valence-electron chi connectivity index (χ4n) is 1.84. The Balaban J connectivity index is 1.80. The molecule has 0 fully saturated rings. The molecule has 1 aromatic carbocycles. The molecule has 0 bridgehead atoms. The molecule has 2 aromatic rings. The molecule has 0 unspecified atom stereocenters. The number of likely N-dealkylation sites (N-methyl/N-ethyl adjacent to an activating group) is 1. The third kappa shape index (κ3) is 4.00. The Morgan fingerprint density at radius 1 is 0.941 bits per heavy atom. The van der Waals surface area contributed by atoms with Gasteiger partial charge in [0.15, 0.2) is 0 Å². The maximum Gasteiger partial charge on any atom is 0.0270 e. The van der Waals surface area contributed by atoms with Crippen LogP contribution in [0.25, 0.3) is 0 Å². The first kappa shape index (κ1) is 11.8. The molecule has 0 amide bonds. The summed E-state index contributed by atoms with van der Waals surface area (Å²) in [7, 11) is 2.16. The molecule has 0 spiro atoms. The Hall–Kier alpha value is -1.67. The zero-order valence-electron chi connectivity index (χ0n) is 10.2. The summed E-state index contributed by atoms with van der Waals surface area (Å²) in [6.07, 6.45) is 4.78. The highest BCUT2D eigenvalue weighted by molar-refractivity contribution is 5.14. The third-order valence-corrected chi connectivity index (χ3v) is 2.83. The van der Waals surface area contributed by atoms with E-state index in [1.807, 2.05) is 12.4 Å². The van der Waals surface area contributed by atoms with Gasteiger partial charge in [-0.1, -0.05) is 30.3 Å². The van der Waals surface area contributed by atoms with Crippen LogP contribution in [0.3, 0.4) is 0 Å². The van der Waals surface area contributed by atoms with Gasteiger partial charge in [0, 0.05) is 25.5 Å². The Kier molecular flexibility index (Phi) is 4.28. The van der Waals surface area contributed by atoms with Crippen LogP contribution in [0.15, 0.2) is 54.9 Å². The maximum atomic E-state index is 4.03. The number of rotatable bonds is 5. The van der Waals surface area contributed by atoms with E-state index < -0.39 is 0 Å². The fourth-order valence-corrected chi connectivity index (χ4v) is 1.84. The van der Waals surface area contributed by atoms with E-state index in [1.165, 1.54) is 11.1 Å². The minimum Gasteiger partial charge on any atom is -0.302 e. The number of hydrogen-bond donors (Lipinski definition) is 0. The zero-order chi connectivity index (χ0) is 11.9. The third-order valence-electron chi connectivity index (χ3n) is 2.83. The maximum absolute atomic E-state index is 4.03. The Morgan fingerprint density at radius 2 is 1.65 bits per heavy atom. The van der Waals surface area contributed by atoms with Crippen LogP contribution in [-0.2, 0) is 13.0 Å². The van der Waals surface area contributed by atoms with Crippen LogP contribution < -0.4 is 0 Å². The lowest BCUT2D eigenvalue weighted by Crippen LogP contribution is -2.20. The molecule has 0 N–H and O–H groups in total. The SMILES string of the molecule is CN(CCc1ccncc1)Cc1ccccc1. The van der Waals surface area contributed by atoms with Crippen molar-refractivity contribution >= 4 is 0 Å². The largest absolute Gasteiger partial charge is 0.302 e. The van der Waals surface area contributed by atoms with Crippen molar-refractivity contribution < 1.29 is 0 Å². The molecule has 0 atom stereocenters. The highest BCUT2D eigenvalue weighted by Crippen LogP contribution is 2.04. The second kappa shape index (κ2) is 6.16. The van der Waals surface area contributed by atoms with Gasteiger partial charge in [0.25, 0.3) is 0 Å². The van der Waals surface area contributed by atoms with Crippen LogP contribution in [0.1, 0.15) is 11.1 Å². The van der Waals surface area contributed by atoms with Crippen molar-refractivity contribution in [3.05, 3.63) is 66.0 Å². The van der Waals surface area contributed by atoms with Crippen molar-refractivity contribution in [3.63, 3.8) is 0 Å². The summed E-state index contributed by atoms with van der Waals surface area (Å²) in [5.41, 5.74) is 2.71. The summed E-state index contributed by atoms with van der Waals surface area (Å²) in [4.78, 5) is 6.37. The highest BCUT2D eigenvalue weighted by atomic mass is 15.1. The molecule has 2 rings (SSSR count). The molecule has 0 saturated heterocycles. The number of aromatic nitrogens is 1. The lowest BCUT2D eigenvalue weighted by Gasteiger charge is -2.16. The monoisotopic (exact) mass is 226 g/mol. The fraction of sp³-hybridized carbons (Fsp3) is 0.267. The van der Waals surface area contributed by atoms with Crippen LogP contribution in [0.5, 0.6) is 0 Å². The van der Waals surface area contributed by atoms with Gasteiger partial charge in [-0.25, -0.2) is 0 Å². The van der Waals surface area contributed by atoms with E-state index in [1.54, 1.807) is 0 Å². The summed E-state index contributed by atoms with van der Waals surface area (Å²) in [6.45, 7) is 2.07. The van der Waals surface area contributed by atoms with E-state index in [9.17, 15) is 0 Å². The van der Waals surface area contributed by atoms with Gasteiger partial charge in [-0.15, -0.1) is 0 Å². The van der Waals surface area contributed by atoms with Crippen LogP contribution in [0.2, 0.25) is 0 Å². The first-order valence-corrected chi connectivity index (χ1v) is 5.96. The van der Waals surface area contributed by atoms with E-state index in [-0.39, 0.29) is 0 Å². The van der Waals surface area contributed by atoms with Gasteiger partial charge in [0.2, 0.25) is 0 Å². The van der Waals surface area contributed by atoms with Crippen LogP contribution >= 0.6 is 0 Å². The molecule has 1 aromatic heterocycles. The quantitative estimate of drug-likeness (QED) is 0.779. The van der Waals surface area contributed by atoms with Crippen molar-refractivity contribution in [2.24, 2.45) is 0 Å². The Bertz CT molecular complexity index is 425. The van der Waals surface area contributed by atoms with E-state index >= 15 is 0 Å². The normalized spacial score (nSPS) is 10.7. The minimum absolute atomic E-state index is 1.01. The molecule has 2 heteroatoms. The topological polar surface area (TPSA) is 16.1 Å². The van der Waals surface area contributed by atoms with Gasteiger partial charge in [0.05, 0.1) is 0 Å². The summed E-state index contributed by atoms with van der Waals surface area (Å²) in [5.74, 6) is 0. The molecule has 0 saturated carbocycles. The molecule has 2 nitrogen and oxygen atoms in total. The molecule has 0 aliphatic rings. The molecular formula is C15H18N2. The first-order chi connectivity index (χ1) is 8.34. The number of nitrogens with zero attached hydrogens (tertiary/aromatic N) is 2. The summed E-state index contributed by atoms with van der Waals surface area (Å²) >= 11 is 0. The van der Waals surface area contributed by atoms with E-state index in [2.05, 4.69) is 59.4 Å². The summed E-state index contributed by atoms with van der Waals surface area (Å²) in [6, 6.07) is 14.7. The standard InChI is InChI=1S/C15H18N2/c1-17(13-15-5-3-2-4-6-15)12-9-14-7-10-16-11-8-14/h2-8,10-11H,9,12-13H2,1H3. The second-order valence-electron chi connectivity index (χ2n) is 4.33. The molecule has 0 aliphatic carbocycles. The predicted molar refractivity (Wildman–Crippen MR) is 70.7 cm³/mol. The lowest BCUT2D eigenvalue weighted by molar-refractivity contribution is 0.331. The molecule has 0 aliphatic heterocycles. The Labute approximate surface area is 103 Å². The van der Waals surface area contributed by atoms with Crippen molar-refractivity contribution in [2.75, 3.05) is 13.6 Å². The van der Waals surface area contributed by atoms with Gasteiger partial charge in [-0.05, 0) is 36.7 Å². The summed E-state index contributed by atoms with van der Waals surface area (Å²) < 4.78 is 0. The van der Waals surface area contributed by atoms with Gasteiger partial charge >= 0.3 is 0 Å². The number of benzene rings is 1. The van der Waals surface area contributed by atoms with Gasteiger partial charge in [-0.3, -0.25) is 4.98 Å². The highest BCUT2D eigenvalue weighted by Gasteiger charge is 2.00. The zero-order valence-corrected chi connectivity index (χ0v) is 10.2. The minimum atomic E-state index is 1.01. The summed E-state index contributed by atoms with van der Waals surface area (Å²) in [5, 5.41) is 0. The van der Waals surface area contributed by atoms with E-state index in [0.717, 1.165) is 19.5 Å².